The number of aryl methyl sites for hydroxylation is 1. The number of hydrogen-bond acceptors (Lipinski definition) is 3. The van der Waals surface area contributed by atoms with Crippen molar-refractivity contribution in [2.75, 3.05) is 20.1 Å². The molecular formula is C14H19ClN2O2. The third-order valence-corrected chi connectivity index (χ3v) is 3.19. The van der Waals surface area contributed by atoms with E-state index in [0.29, 0.717) is 5.56 Å². The standard InChI is InChI=1S/C14H18N2O2.ClH/c1-11-4-3-5-12(10-11)14(17)18-15-13-6-8-16(2)9-7-13;/h3-5,10H,6-9H2,1-2H3;1H. The molecule has 0 spiro atoms. The van der Waals surface area contributed by atoms with Gasteiger partial charge in [0.2, 0.25) is 0 Å². The summed E-state index contributed by atoms with van der Waals surface area (Å²) in [6.45, 7) is 4.06. The van der Waals surface area contributed by atoms with Crippen LogP contribution in [0.5, 0.6) is 0 Å². The monoisotopic (exact) mass is 282 g/mol. The maximum Gasteiger partial charge on any atom is 0.365 e. The van der Waals surface area contributed by atoms with Crippen LogP contribution in [0, 0.1) is 6.92 Å². The molecule has 0 aromatic heterocycles. The summed E-state index contributed by atoms with van der Waals surface area (Å²) in [5.41, 5.74) is 2.58. The number of nitrogens with zero attached hydrogens (tertiary/aromatic N) is 1. The molecule has 1 N–H and O–H groups in total. The minimum atomic E-state index is -0.377. The SMILES string of the molecule is Cc1cccc(C(=O)ON=C2CC[NH+](C)CC2)c1.[Cl-]. The highest BCUT2D eigenvalue weighted by Crippen LogP contribution is 2.06. The lowest BCUT2D eigenvalue weighted by molar-refractivity contribution is -0.880. The van der Waals surface area contributed by atoms with Crippen LogP contribution in [0.4, 0.5) is 0 Å². The summed E-state index contributed by atoms with van der Waals surface area (Å²) in [7, 11) is 2.16. The molecule has 19 heavy (non-hydrogen) atoms. The van der Waals surface area contributed by atoms with Gasteiger partial charge in [-0.05, 0) is 19.1 Å². The van der Waals surface area contributed by atoms with Crippen LogP contribution >= 0.6 is 0 Å². The predicted octanol–water partition coefficient (Wildman–Crippen LogP) is -2.18. The number of hydrogen-bond donors (Lipinski definition) is 1. The lowest BCUT2D eigenvalue weighted by Crippen LogP contribution is -3.10. The van der Waals surface area contributed by atoms with Gasteiger partial charge in [-0.25, -0.2) is 4.79 Å². The smallest absolute Gasteiger partial charge is 0.365 e. The maximum atomic E-state index is 11.8. The van der Waals surface area contributed by atoms with Crippen LogP contribution in [0.3, 0.4) is 0 Å². The molecule has 0 amide bonds. The second kappa shape index (κ2) is 7.26. The fourth-order valence-electron chi connectivity index (χ4n) is 1.99. The molecule has 0 unspecified atom stereocenters. The molecule has 1 aliphatic heterocycles. The fourth-order valence-corrected chi connectivity index (χ4v) is 1.99. The molecule has 0 saturated carbocycles. The van der Waals surface area contributed by atoms with Crippen LogP contribution in [0.2, 0.25) is 0 Å². The molecule has 1 aromatic carbocycles. The van der Waals surface area contributed by atoms with Crippen molar-refractivity contribution < 1.29 is 26.9 Å². The first kappa shape index (κ1) is 15.7. The van der Waals surface area contributed by atoms with Gasteiger partial charge >= 0.3 is 5.97 Å². The lowest BCUT2D eigenvalue weighted by atomic mass is 10.1. The average molecular weight is 283 g/mol. The summed E-state index contributed by atoms with van der Waals surface area (Å²) in [4.78, 5) is 18.3. The highest BCUT2D eigenvalue weighted by atomic mass is 35.5. The number of halogens is 1. The predicted molar refractivity (Wildman–Crippen MR) is 69.9 cm³/mol. The molecule has 5 heteroatoms. The highest BCUT2D eigenvalue weighted by molar-refractivity contribution is 5.91. The Morgan fingerprint density at radius 1 is 1.32 bits per heavy atom. The van der Waals surface area contributed by atoms with E-state index in [0.717, 1.165) is 37.2 Å². The summed E-state index contributed by atoms with van der Waals surface area (Å²) in [6.07, 6.45) is 1.82. The van der Waals surface area contributed by atoms with Gasteiger partial charge in [0.15, 0.2) is 0 Å². The molecule has 1 aromatic rings. The topological polar surface area (TPSA) is 43.1 Å². The second-order valence-corrected chi connectivity index (χ2v) is 4.86. The Balaban J connectivity index is 0.00000180. The number of quaternary nitrogens is 1. The first-order valence-corrected chi connectivity index (χ1v) is 6.30. The number of carbonyl (C=O) groups is 1. The summed E-state index contributed by atoms with van der Waals surface area (Å²) >= 11 is 0. The van der Waals surface area contributed by atoms with Gasteiger partial charge in [0, 0.05) is 12.8 Å². The van der Waals surface area contributed by atoms with Crippen LogP contribution in [-0.4, -0.2) is 31.8 Å². The normalized spacial score (nSPS) is 18.4. The Morgan fingerprint density at radius 3 is 2.63 bits per heavy atom. The van der Waals surface area contributed by atoms with E-state index in [-0.39, 0.29) is 18.4 Å². The van der Waals surface area contributed by atoms with Crippen molar-refractivity contribution in [1.29, 1.82) is 0 Å². The van der Waals surface area contributed by atoms with Crippen molar-refractivity contribution in [3.63, 3.8) is 0 Å². The zero-order valence-corrected chi connectivity index (χ0v) is 12.0. The van der Waals surface area contributed by atoms with Crippen molar-refractivity contribution in [3.8, 4) is 0 Å². The molecule has 1 aliphatic rings. The van der Waals surface area contributed by atoms with Crippen molar-refractivity contribution in [2.24, 2.45) is 5.16 Å². The Hall–Kier alpha value is -1.39. The maximum absolute atomic E-state index is 11.8. The number of benzene rings is 1. The van der Waals surface area contributed by atoms with E-state index < -0.39 is 0 Å². The van der Waals surface area contributed by atoms with Gasteiger partial charge in [-0.1, -0.05) is 22.9 Å². The van der Waals surface area contributed by atoms with E-state index in [9.17, 15) is 4.79 Å². The zero-order chi connectivity index (χ0) is 13.0. The summed E-state index contributed by atoms with van der Waals surface area (Å²) in [5.74, 6) is -0.377. The number of oxime groups is 1. The van der Waals surface area contributed by atoms with Gasteiger partial charge in [0.25, 0.3) is 0 Å². The van der Waals surface area contributed by atoms with Crippen molar-refractivity contribution in [2.45, 2.75) is 19.8 Å². The molecule has 0 radical (unpaired) electrons. The van der Waals surface area contributed by atoms with E-state index in [2.05, 4.69) is 12.2 Å². The molecule has 4 nitrogen and oxygen atoms in total. The number of carbonyl (C=O) groups excluding carboxylic acids is 1. The van der Waals surface area contributed by atoms with E-state index in [1.807, 2.05) is 19.1 Å². The van der Waals surface area contributed by atoms with Crippen LogP contribution in [0.1, 0.15) is 28.8 Å². The number of rotatable bonds is 2. The highest BCUT2D eigenvalue weighted by Gasteiger charge is 2.15. The molecule has 2 rings (SSSR count). The second-order valence-electron chi connectivity index (χ2n) is 4.86. The van der Waals surface area contributed by atoms with Gasteiger partial charge in [-0.2, -0.15) is 0 Å². The minimum Gasteiger partial charge on any atom is -1.00 e. The summed E-state index contributed by atoms with van der Waals surface area (Å²) in [5, 5.41) is 3.98. The first-order chi connectivity index (χ1) is 8.65. The number of nitrogens with one attached hydrogen (secondary N) is 1. The molecule has 1 saturated heterocycles. The quantitative estimate of drug-likeness (QED) is 0.495. The van der Waals surface area contributed by atoms with Gasteiger partial charge in [0.1, 0.15) is 0 Å². The lowest BCUT2D eigenvalue weighted by Gasteiger charge is -2.19. The van der Waals surface area contributed by atoms with Gasteiger partial charge in [-0.15, -0.1) is 0 Å². The van der Waals surface area contributed by atoms with E-state index in [4.69, 9.17) is 4.84 Å². The van der Waals surface area contributed by atoms with Gasteiger partial charge in [0.05, 0.1) is 31.4 Å². The van der Waals surface area contributed by atoms with Crippen molar-refractivity contribution in [3.05, 3.63) is 35.4 Å². The molecular weight excluding hydrogens is 264 g/mol. The molecule has 0 atom stereocenters. The van der Waals surface area contributed by atoms with Crippen LogP contribution in [0.25, 0.3) is 0 Å². The van der Waals surface area contributed by atoms with E-state index in [1.165, 1.54) is 4.90 Å². The largest absolute Gasteiger partial charge is 1.00 e. The third-order valence-electron chi connectivity index (χ3n) is 3.19. The molecule has 1 heterocycles. The van der Waals surface area contributed by atoms with Gasteiger partial charge < -0.3 is 22.1 Å². The zero-order valence-electron chi connectivity index (χ0n) is 11.3. The molecule has 1 fully saturated rings. The Bertz CT molecular complexity index is 464. The number of likely N-dealkylation sites (tertiary alicyclic amines) is 1. The first-order valence-electron chi connectivity index (χ1n) is 6.30. The van der Waals surface area contributed by atoms with Crippen LogP contribution < -0.4 is 17.3 Å². The molecule has 0 aliphatic carbocycles. The van der Waals surface area contributed by atoms with Crippen LogP contribution in [0.15, 0.2) is 29.4 Å². The average Bonchev–Trinajstić information content (AvgIpc) is 2.38. The Labute approximate surface area is 119 Å². The van der Waals surface area contributed by atoms with Crippen molar-refractivity contribution in [1.82, 2.24) is 0 Å². The molecule has 104 valence electrons. The minimum absolute atomic E-state index is 0. The fraction of sp³-hybridized carbons (Fsp3) is 0.429. The Kier molecular flexibility index (Phi) is 5.99. The third kappa shape index (κ3) is 4.65. The van der Waals surface area contributed by atoms with E-state index >= 15 is 0 Å². The van der Waals surface area contributed by atoms with Gasteiger partial charge in [-0.3, -0.25) is 0 Å². The molecule has 0 bridgehead atoms. The summed E-state index contributed by atoms with van der Waals surface area (Å²) < 4.78 is 0. The summed E-state index contributed by atoms with van der Waals surface area (Å²) in [6, 6.07) is 7.34. The Morgan fingerprint density at radius 2 is 2.00 bits per heavy atom. The number of piperidine rings is 1. The van der Waals surface area contributed by atoms with Crippen LogP contribution in [-0.2, 0) is 4.84 Å². The van der Waals surface area contributed by atoms with Crippen molar-refractivity contribution >= 4 is 11.7 Å². The van der Waals surface area contributed by atoms with E-state index in [1.54, 1.807) is 12.1 Å².